The van der Waals surface area contributed by atoms with E-state index in [2.05, 4.69) is 28.2 Å². The first-order valence-corrected chi connectivity index (χ1v) is 8.29. The molecule has 1 aromatic carbocycles. The van der Waals surface area contributed by atoms with Gasteiger partial charge in [-0.2, -0.15) is 0 Å². The summed E-state index contributed by atoms with van der Waals surface area (Å²) in [7, 11) is 0. The Labute approximate surface area is 133 Å². The lowest BCUT2D eigenvalue weighted by molar-refractivity contribution is 0.116. The lowest BCUT2D eigenvalue weighted by Crippen LogP contribution is -2.39. The Morgan fingerprint density at radius 2 is 2.19 bits per heavy atom. The van der Waals surface area contributed by atoms with Crippen LogP contribution in [0.5, 0.6) is 0 Å². The van der Waals surface area contributed by atoms with Gasteiger partial charge < -0.3 is 10.1 Å². The summed E-state index contributed by atoms with van der Waals surface area (Å²) in [5.41, 5.74) is 0.150. The summed E-state index contributed by atoms with van der Waals surface area (Å²) in [6.45, 7) is 5.61. The number of hydrogen-bond donors (Lipinski definition) is 1. The van der Waals surface area contributed by atoms with Crippen LogP contribution in [0.2, 0.25) is 0 Å². The van der Waals surface area contributed by atoms with Gasteiger partial charge in [-0.15, -0.1) is 0 Å². The third kappa shape index (κ3) is 4.24. The highest BCUT2D eigenvalue weighted by molar-refractivity contribution is 9.10. The molecule has 1 N–H and O–H groups in total. The summed E-state index contributed by atoms with van der Waals surface area (Å²) in [5, 5.41) is 3.43. The van der Waals surface area contributed by atoms with Gasteiger partial charge in [-0.05, 0) is 60.8 Å². The van der Waals surface area contributed by atoms with Gasteiger partial charge in [0.1, 0.15) is 11.6 Å². The van der Waals surface area contributed by atoms with Crippen molar-refractivity contribution in [3.8, 4) is 0 Å². The Kier molecular flexibility index (Phi) is 6.14. The molecular weight excluding hydrogens is 340 g/mol. The first-order chi connectivity index (χ1) is 10.0. The molecular formula is C16H22BrF2NO. The molecule has 0 aromatic heterocycles. The Balaban J connectivity index is 2.16. The maximum Gasteiger partial charge on any atom is 0.143 e. The van der Waals surface area contributed by atoms with E-state index >= 15 is 0 Å². The van der Waals surface area contributed by atoms with Gasteiger partial charge in [-0.25, -0.2) is 8.78 Å². The summed E-state index contributed by atoms with van der Waals surface area (Å²) < 4.78 is 34.0. The van der Waals surface area contributed by atoms with Crippen LogP contribution in [0.4, 0.5) is 8.78 Å². The van der Waals surface area contributed by atoms with Gasteiger partial charge in [0.15, 0.2) is 0 Å². The zero-order valence-electron chi connectivity index (χ0n) is 12.5. The molecule has 0 spiro atoms. The van der Waals surface area contributed by atoms with Gasteiger partial charge in [0, 0.05) is 17.5 Å². The van der Waals surface area contributed by atoms with Crippen molar-refractivity contribution in [3.63, 3.8) is 0 Å². The second kappa shape index (κ2) is 7.65. The number of ether oxygens (including phenoxy) is 1. The van der Waals surface area contributed by atoms with Crippen LogP contribution in [0.3, 0.4) is 0 Å². The minimum atomic E-state index is -0.495. The molecule has 1 aliphatic rings. The van der Waals surface area contributed by atoms with Gasteiger partial charge in [0.05, 0.1) is 17.2 Å². The van der Waals surface area contributed by atoms with Crippen LogP contribution < -0.4 is 5.32 Å². The maximum absolute atomic E-state index is 14.2. The minimum Gasteiger partial charge on any atom is -0.378 e. The summed E-state index contributed by atoms with van der Waals surface area (Å²) in [4.78, 5) is 0. The van der Waals surface area contributed by atoms with Crippen LogP contribution in [-0.4, -0.2) is 25.3 Å². The van der Waals surface area contributed by atoms with Gasteiger partial charge in [-0.3, -0.25) is 0 Å². The molecule has 1 aromatic rings. The van der Waals surface area contributed by atoms with Crippen molar-refractivity contribution in [2.24, 2.45) is 5.92 Å². The molecule has 2 rings (SSSR count). The average Bonchev–Trinajstić information content (AvgIpc) is 2.89. The molecule has 0 aliphatic carbocycles. The predicted molar refractivity (Wildman–Crippen MR) is 83.4 cm³/mol. The monoisotopic (exact) mass is 361 g/mol. The fraction of sp³-hybridized carbons (Fsp3) is 0.625. The first kappa shape index (κ1) is 16.8. The Morgan fingerprint density at radius 1 is 1.43 bits per heavy atom. The van der Waals surface area contributed by atoms with Crippen molar-refractivity contribution < 1.29 is 13.5 Å². The molecule has 118 valence electrons. The van der Waals surface area contributed by atoms with Gasteiger partial charge in [-0.1, -0.05) is 6.92 Å². The largest absolute Gasteiger partial charge is 0.378 e. The van der Waals surface area contributed by atoms with Crippen molar-refractivity contribution >= 4 is 15.9 Å². The van der Waals surface area contributed by atoms with Crippen molar-refractivity contribution in [2.45, 2.75) is 45.3 Å². The van der Waals surface area contributed by atoms with Crippen LogP contribution >= 0.6 is 15.9 Å². The predicted octanol–water partition coefficient (Wildman–Crippen LogP) is 4.06. The number of hydrogen-bond acceptors (Lipinski definition) is 2. The van der Waals surface area contributed by atoms with Crippen molar-refractivity contribution in [2.75, 3.05) is 13.2 Å². The molecule has 0 bridgehead atoms. The molecule has 2 nitrogen and oxygen atoms in total. The smallest absolute Gasteiger partial charge is 0.143 e. The highest BCUT2D eigenvalue weighted by Gasteiger charge is 2.30. The van der Waals surface area contributed by atoms with E-state index in [-0.39, 0.29) is 17.7 Å². The normalized spacial score (nSPS) is 23.5. The zero-order chi connectivity index (χ0) is 15.4. The molecule has 3 atom stereocenters. The minimum absolute atomic E-state index is 0.0354. The fourth-order valence-electron chi connectivity index (χ4n) is 2.84. The van der Waals surface area contributed by atoms with Gasteiger partial charge in [0.25, 0.3) is 0 Å². The molecule has 21 heavy (non-hydrogen) atoms. The summed E-state index contributed by atoms with van der Waals surface area (Å²) in [5.74, 6) is -0.680. The van der Waals surface area contributed by atoms with Crippen LogP contribution in [0.1, 0.15) is 32.3 Å². The van der Waals surface area contributed by atoms with Gasteiger partial charge in [0.2, 0.25) is 0 Å². The van der Waals surface area contributed by atoms with Crippen molar-refractivity contribution in [3.05, 3.63) is 33.8 Å². The second-order valence-corrected chi connectivity index (χ2v) is 6.58. The van der Waals surface area contributed by atoms with Crippen LogP contribution in [0, 0.1) is 17.6 Å². The average molecular weight is 362 g/mol. The standard InChI is InChI=1S/C16H22BrF2NO/c1-3-6-20-15(11-7-10(2)21-9-11)8-12-14(18)5-4-13(17)16(12)19/h4-5,10-11,15,20H,3,6-9H2,1-2H3. The molecule has 0 saturated carbocycles. The maximum atomic E-state index is 14.2. The van der Waals surface area contributed by atoms with E-state index in [1.807, 2.05) is 6.92 Å². The summed E-state index contributed by atoms with van der Waals surface area (Å²) in [6.07, 6.45) is 2.48. The number of nitrogens with one attached hydrogen (secondary N) is 1. The number of benzene rings is 1. The van der Waals surface area contributed by atoms with E-state index in [0.717, 1.165) is 19.4 Å². The zero-order valence-corrected chi connectivity index (χ0v) is 14.1. The number of halogens is 3. The molecule has 1 saturated heterocycles. The molecule has 1 aliphatic heterocycles. The Bertz CT molecular complexity index is 484. The lowest BCUT2D eigenvalue weighted by Gasteiger charge is -2.24. The first-order valence-electron chi connectivity index (χ1n) is 7.50. The van der Waals surface area contributed by atoms with E-state index < -0.39 is 11.6 Å². The van der Waals surface area contributed by atoms with E-state index in [1.165, 1.54) is 12.1 Å². The molecule has 0 radical (unpaired) electrons. The third-order valence-corrected chi connectivity index (χ3v) is 4.63. The van der Waals surface area contributed by atoms with Gasteiger partial charge >= 0.3 is 0 Å². The number of rotatable bonds is 6. The molecule has 1 fully saturated rings. The quantitative estimate of drug-likeness (QED) is 0.771. The fourth-order valence-corrected chi connectivity index (χ4v) is 3.21. The molecule has 0 amide bonds. The summed E-state index contributed by atoms with van der Waals surface area (Å²) in [6, 6.07) is 2.75. The Morgan fingerprint density at radius 3 is 2.81 bits per heavy atom. The van der Waals surface area contributed by atoms with Crippen LogP contribution in [0.25, 0.3) is 0 Å². The summed E-state index contributed by atoms with van der Waals surface area (Å²) >= 11 is 3.13. The highest BCUT2D eigenvalue weighted by atomic mass is 79.9. The highest BCUT2D eigenvalue weighted by Crippen LogP contribution is 2.28. The topological polar surface area (TPSA) is 21.3 Å². The van der Waals surface area contributed by atoms with E-state index in [4.69, 9.17) is 4.74 Å². The Hall–Kier alpha value is -0.520. The van der Waals surface area contributed by atoms with E-state index in [1.54, 1.807) is 0 Å². The second-order valence-electron chi connectivity index (χ2n) is 5.73. The molecule has 3 unspecified atom stereocenters. The SMILES string of the molecule is CCCNC(Cc1c(F)ccc(Br)c1F)C1COC(C)C1. The van der Waals surface area contributed by atoms with E-state index in [0.29, 0.717) is 23.4 Å². The molecule has 5 heteroatoms. The van der Waals surface area contributed by atoms with Crippen LogP contribution in [0.15, 0.2) is 16.6 Å². The van der Waals surface area contributed by atoms with Crippen molar-refractivity contribution in [1.29, 1.82) is 0 Å². The van der Waals surface area contributed by atoms with Crippen LogP contribution in [-0.2, 0) is 11.2 Å². The third-order valence-electron chi connectivity index (χ3n) is 4.02. The van der Waals surface area contributed by atoms with Crippen molar-refractivity contribution in [1.82, 2.24) is 5.32 Å². The molecule has 1 heterocycles. The lowest BCUT2D eigenvalue weighted by atomic mass is 9.91. The van der Waals surface area contributed by atoms with E-state index in [9.17, 15) is 8.78 Å².